The molecule has 1 atom stereocenters. The second-order valence-electron chi connectivity index (χ2n) is 7.60. The highest BCUT2D eigenvalue weighted by Gasteiger charge is 2.30. The van der Waals surface area contributed by atoms with E-state index in [1.54, 1.807) is 36.0 Å². The van der Waals surface area contributed by atoms with Crippen molar-refractivity contribution >= 4 is 17.6 Å². The average molecular weight is 410 g/mol. The van der Waals surface area contributed by atoms with Gasteiger partial charge in [0, 0.05) is 26.3 Å². The molecule has 0 unspecified atom stereocenters. The van der Waals surface area contributed by atoms with Gasteiger partial charge in [0.1, 0.15) is 5.82 Å². The van der Waals surface area contributed by atoms with E-state index in [0.29, 0.717) is 12.4 Å². The number of rotatable bonds is 5. The van der Waals surface area contributed by atoms with Gasteiger partial charge >= 0.3 is 6.09 Å². The van der Waals surface area contributed by atoms with E-state index >= 15 is 0 Å². The number of likely N-dealkylation sites (N-methyl/N-ethyl adjacent to an activating group) is 1. The molecule has 4 rings (SSSR count). The van der Waals surface area contributed by atoms with Gasteiger partial charge in [0.2, 0.25) is 5.88 Å². The molecule has 0 N–H and O–H groups in total. The molecule has 1 aliphatic heterocycles. The third kappa shape index (κ3) is 3.74. The van der Waals surface area contributed by atoms with Crippen LogP contribution >= 0.6 is 0 Å². The van der Waals surface area contributed by atoms with Crippen LogP contribution in [0, 0.1) is 0 Å². The van der Waals surface area contributed by atoms with Gasteiger partial charge in [-0.05, 0) is 44.5 Å². The smallest absolute Gasteiger partial charge is 0.410 e. The lowest BCUT2D eigenvalue weighted by Gasteiger charge is -2.25. The molecule has 1 amide bonds. The highest BCUT2D eigenvalue weighted by molar-refractivity contribution is 5.69. The molecule has 9 nitrogen and oxygen atoms in total. The van der Waals surface area contributed by atoms with Gasteiger partial charge in [-0.3, -0.25) is 0 Å². The van der Waals surface area contributed by atoms with Crippen LogP contribution in [0.25, 0.3) is 16.9 Å². The molecule has 1 fully saturated rings. The molecule has 1 aliphatic rings. The number of aromatic nitrogens is 4. The highest BCUT2D eigenvalue weighted by atomic mass is 16.6. The predicted molar refractivity (Wildman–Crippen MR) is 113 cm³/mol. The third-order valence-corrected chi connectivity index (χ3v) is 5.25. The van der Waals surface area contributed by atoms with Crippen LogP contribution in [-0.4, -0.2) is 70.0 Å². The maximum Gasteiger partial charge on any atom is 0.410 e. The fourth-order valence-electron chi connectivity index (χ4n) is 3.66. The Hall–Kier alpha value is -3.36. The maximum absolute atomic E-state index is 12.2. The predicted octanol–water partition coefficient (Wildman–Crippen LogP) is 2.86. The van der Waals surface area contributed by atoms with Crippen molar-refractivity contribution in [3.8, 4) is 17.1 Å². The zero-order chi connectivity index (χ0) is 21.3. The quantitative estimate of drug-likeness (QED) is 0.639. The van der Waals surface area contributed by atoms with E-state index in [9.17, 15) is 4.79 Å². The second-order valence-corrected chi connectivity index (χ2v) is 7.60. The first-order chi connectivity index (χ1) is 14.5. The van der Waals surface area contributed by atoms with E-state index < -0.39 is 0 Å². The van der Waals surface area contributed by atoms with E-state index in [2.05, 4.69) is 14.9 Å². The molecule has 4 heterocycles. The summed E-state index contributed by atoms with van der Waals surface area (Å²) in [6.07, 6.45) is 3.90. The Bertz CT molecular complexity index is 1050. The molecular formula is C21H26N6O3. The van der Waals surface area contributed by atoms with Crippen LogP contribution in [0.1, 0.15) is 20.3 Å². The van der Waals surface area contributed by atoms with Gasteiger partial charge in [-0.1, -0.05) is 0 Å². The zero-order valence-corrected chi connectivity index (χ0v) is 17.6. The molecule has 0 bridgehead atoms. The van der Waals surface area contributed by atoms with Gasteiger partial charge in [-0.25, -0.2) is 19.3 Å². The van der Waals surface area contributed by atoms with Crippen molar-refractivity contribution in [2.45, 2.75) is 32.4 Å². The first kappa shape index (κ1) is 19.9. The first-order valence-electron chi connectivity index (χ1n) is 10.0. The second kappa shape index (κ2) is 8.17. The third-order valence-electron chi connectivity index (χ3n) is 5.25. The van der Waals surface area contributed by atoms with Gasteiger partial charge in [-0.15, -0.1) is 5.10 Å². The van der Waals surface area contributed by atoms with E-state index in [0.717, 1.165) is 35.7 Å². The average Bonchev–Trinajstić information content (AvgIpc) is 3.39. The number of imidazole rings is 1. The Balaban J connectivity index is 1.58. The van der Waals surface area contributed by atoms with Crippen molar-refractivity contribution in [2.24, 2.45) is 0 Å². The summed E-state index contributed by atoms with van der Waals surface area (Å²) in [5.41, 5.74) is 2.38. The summed E-state index contributed by atoms with van der Waals surface area (Å²) < 4.78 is 12.5. The Morgan fingerprint density at radius 2 is 2.10 bits per heavy atom. The number of pyridine rings is 1. The van der Waals surface area contributed by atoms with Crippen LogP contribution < -0.4 is 9.64 Å². The minimum absolute atomic E-state index is 0.0782. The highest BCUT2D eigenvalue weighted by Crippen LogP contribution is 2.29. The van der Waals surface area contributed by atoms with Crippen LogP contribution in [0.3, 0.4) is 0 Å². The standard InChI is InChI=1S/C21H26N6O3/c1-14(2)30-21(28)25(3)15-9-11-26(13-15)19-8-7-18-23-12-17(27(18)24-19)16-6-5-10-22-20(16)29-4/h5-8,10,12,14-15H,9,11,13H2,1-4H3/t15-/m0/s1. The molecule has 1 saturated heterocycles. The summed E-state index contributed by atoms with van der Waals surface area (Å²) in [5, 5.41) is 4.82. The largest absolute Gasteiger partial charge is 0.481 e. The molecule has 0 saturated carbocycles. The van der Waals surface area contributed by atoms with Gasteiger partial charge < -0.3 is 19.3 Å². The number of fused-ring (bicyclic) bond motifs is 1. The van der Waals surface area contributed by atoms with Crippen molar-refractivity contribution in [1.29, 1.82) is 0 Å². The number of methoxy groups -OCH3 is 1. The Morgan fingerprint density at radius 3 is 2.87 bits per heavy atom. The number of carbonyl (C=O) groups excluding carboxylic acids is 1. The molecule has 0 aliphatic carbocycles. The fraction of sp³-hybridized carbons (Fsp3) is 0.429. The molecule has 30 heavy (non-hydrogen) atoms. The fourth-order valence-corrected chi connectivity index (χ4v) is 3.66. The minimum atomic E-state index is -0.291. The van der Waals surface area contributed by atoms with Crippen LogP contribution in [-0.2, 0) is 4.74 Å². The molecule has 3 aromatic rings. The molecule has 0 spiro atoms. The summed E-state index contributed by atoms with van der Waals surface area (Å²) in [6.45, 7) is 5.21. The van der Waals surface area contributed by atoms with Crippen LogP contribution in [0.4, 0.5) is 10.6 Å². The number of nitrogens with zero attached hydrogens (tertiary/aromatic N) is 6. The topological polar surface area (TPSA) is 85.1 Å². The maximum atomic E-state index is 12.2. The lowest BCUT2D eigenvalue weighted by Crippen LogP contribution is -2.40. The van der Waals surface area contributed by atoms with Crippen molar-refractivity contribution in [1.82, 2.24) is 24.5 Å². The van der Waals surface area contributed by atoms with E-state index in [-0.39, 0.29) is 18.2 Å². The van der Waals surface area contributed by atoms with E-state index in [1.807, 2.05) is 38.1 Å². The summed E-state index contributed by atoms with van der Waals surface area (Å²) in [7, 11) is 3.39. The van der Waals surface area contributed by atoms with Crippen LogP contribution in [0.2, 0.25) is 0 Å². The first-order valence-corrected chi connectivity index (χ1v) is 10.0. The SMILES string of the molecule is COc1ncccc1-c1cnc2ccc(N3CC[C@H](N(C)C(=O)OC(C)C)C3)nn12. The lowest BCUT2D eigenvalue weighted by molar-refractivity contribution is 0.0748. The minimum Gasteiger partial charge on any atom is -0.481 e. The summed E-state index contributed by atoms with van der Waals surface area (Å²) in [6, 6.07) is 7.78. The van der Waals surface area contributed by atoms with Gasteiger partial charge in [0.05, 0.1) is 36.7 Å². The molecule has 9 heteroatoms. The van der Waals surface area contributed by atoms with Crippen molar-refractivity contribution in [3.05, 3.63) is 36.7 Å². The normalized spacial score (nSPS) is 16.3. The number of amides is 1. The van der Waals surface area contributed by atoms with Gasteiger partial charge in [0.25, 0.3) is 0 Å². The number of ether oxygens (including phenoxy) is 2. The summed E-state index contributed by atoms with van der Waals surface area (Å²) >= 11 is 0. The monoisotopic (exact) mass is 410 g/mol. The van der Waals surface area contributed by atoms with Gasteiger partial charge in [0.15, 0.2) is 5.65 Å². The molecule has 0 radical (unpaired) electrons. The van der Waals surface area contributed by atoms with E-state index in [1.165, 1.54) is 0 Å². The Labute approximate surface area is 175 Å². The number of carbonyl (C=O) groups is 1. The number of hydrogen-bond donors (Lipinski definition) is 0. The van der Waals surface area contributed by atoms with Crippen molar-refractivity contribution in [2.75, 3.05) is 32.1 Å². The lowest BCUT2D eigenvalue weighted by atomic mass is 10.2. The molecular weight excluding hydrogens is 384 g/mol. The summed E-state index contributed by atoms with van der Waals surface area (Å²) in [5.74, 6) is 1.36. The van der Waals surface area contributed by atoms with E-state index in [4.69, 9.17) is 14.6 Å². The number of anilines is 1. The Morgan fingerprint density at radius 1 is 1.27 bits per heavy atom. The Kier molecular flexibility index (Phi) is 5.43. The molecule has 3 aromatic heterocycles. The van der Waals surface area contributed by atoms with Crippen molar-refractivity contribution in [3.63, 3.8) is 0 Å². The number of hydrogen-bond acceptors (Lipinski definition) is 7. The molecule has 158 valence electrons. The van der Waals surface area contributed by atoms with Crippen LogP contribution in [0.15, 0.2) is 36.7 Å². The van der Waals surface area contributed by atoms with Crippen LogP contribution in [0.5, 0.6) is 5.88 Å². The van der Waals surface area contributed by atoms with Gasteiger partial charge in [-0.2, -0.15) is 0 Å². The summed E-state index contributed by atoms with van der Waals surface area (Å²) in [4.78, 5) is 24.8. The zero-order valence-electron chi connectivity index (χ0n) is 17.6. The molecule has 0 aromatic carbocycles. The van der Waals surface area contributed by atoms with Crippen molar-refractivity contribution < 1.29 is 14.3 Å².